The van der Waals surface area contributed by atoms with Crippen LogP contribution in [0.2, 0.25) is 0 Å². The summed E-state index contributed by atoms with van der Waals surface area (Å²) in [4.78, 5) is 22.2. The van der Waals surface area contributed by atoms with Gasteiger partial charge in [-0.3, -0.25) is 4.79 Å². The van der Waals surface area contributed by atoms with Crippen molar-refractivity contribution in [2.45, 2.75) is 19.6 Å². The molecule has 0 aliphatic rings. The molecule has 5 nitrogen and oxygen atoms in total. The molecule has 0 bridgehead atoms. The van der Waals surface area contributed by atoms with Gasteiger partial charge in [0.25, 0.3) is 5.91 Å². The smallest absolute Gasteiger partial charge is 0.387 e. The SMILES string of the molecule is C[C@H](OC(=O)c1cccc(OC(F)F)c1)C(N)=O. The first kappa shape index (κ1) is 13.9. The second kappa shape index (κ2) is 5.95. The fourth-order valence-corrected chi connectivity index (χ4v) is 1.09. The van der Waals surface area contributed by atoms with Crippen LogP contribution in [-0.2, 0) is 9.53 Å². The minimum Gasteiger partial charge on any atom is -0.449 e. The van der Waals surface area contributed by atoms with Gasteiger partial charge in [0.05, 0.1) is 5.56 Å². The van der Waals surface area contributed by atoms with Crippen LogP contribution in [0.4, 0.5) is 8.78 Å². The first-order valence-corrected chi connectivity index (χ1v) is 4.95. The average Bonchev–Trinajstić information content (AvgIpc) is 2.28. The average molecular weight is 259 g/mol. The van der Waals surface area contributed by atoms with Gasteiger partial charge < -0.3 is 15.2 Å². The van der Waals surface area contributed by atoms with Crippen molar-refractivity contribution in [3.05, 3.63) is 29.8 Å². The molecule has 1 aromatic carbocycles. The molecular weight excluding hydrogens is 248 g/mol. The third-order valence-electron chi connectivity index (χ3n) is 1.98. The Bertz CT molecular complexity index is 450. The number of hydrogen-bond donors (Lipinski definition) is 1. The molecule has 0 saturated heterocycles. The number of ether oxygens (including phenoxy) is 2. The zero-order chi connectivity index (χ0) is 13.7. The number of amides is 1. The van der Waals surface area contributed by atoms with Crippen molar-refractivity contribution in [2.75, 3.05) is 0 Å². The second-order valence-corrected chi connectivity index (χ2v) is 3.36. The fourth-order valence-electron chi connectivity index (χ4n) is 1.09. The normalized spacial score (nSPS) is 12.0. The highest BCUT2D eigenvalue weighted by Crippen LogP contribution is 2.16. The van der Waals surface area contributed by atoms with Crippen LogP contribution < -0.4 is 10.5 Å². The van der Waals surface area contributed by atoms with Crippen LogP contribution in [0.3, 0.4) is 0 Å². The van der Waals surface area contributed by atoms with Crippen molar-refractivity contribution in [3.8, 4) is 5.75 Å². The lowest BCUT2D eigenvalue weighted by Gasteiger charge is -2.10. The third kappa shape index (κ3) is 4.00. The predicted octanol–water partition coefficient (Wildman–Crippen LogP) is 1.32. The van der Waals surface area contributed by atoms with Crippen molar-refractivity contribution in [1.82, 2.24) is 0 Å². The maximum atomic E-state index is 12.0. The zero-order valence-electron chi connectivity index (χ0n) is 9.43. The number of nitrogens with two attached hydrogens (primary N) is 1. The number of esters is 1. The molecule has 0 aliphatic heterocycles. The van der Waals surface area contributed by atoms with Crippen LogP contribution in [-0.4, -0.2) is 24.6 Å². The number of alkyl halides is 2. The van der Waals surface area contributed by atoms with E-state index >= 15 is 0 Å². The van der Waals surface area contributed by atoms with Crippen molar-refractivity contribution in [1.29, 1.82) is 0 Å². The van der Waals surface area contributed by atoms with Crippen LogP contribution in [0, 0.1) is 0 Å². The Morgan fingerprint density at radius 2 is 2.00 bits per heavy atom. The Kier molecular flexibility index (Phi) is 4.59. The van der Waals surface area contributed by atoms with E-state index in [0.717, 1.165) is 6.07 Å². The van der Waals surface area contributed by atoms with Crippen molar-refractivity contribution in [3.63, 3.8) is 0 Å². The molecule has 0 fully saturated rings. The van der Waals surface area contributed by atoms with E-state index in [2.05, 4.69) is 4.74 Å². The van der Waals surface area contributed by atoms with Crippen LogP contribution in [0.15, 0.2) is 24.3 Å². The number of carbonyl (C=O) groups is 2. The molecule has 2 N–H and O–H groups in total. The van der Waals surface area contributed by atoms with E-state index in [1.54, 1.807) is 0 Å². The minimum atomic E-state index is -2.99. The van der Waals surface area contributed by atoms with Gasteiger partial charge in [-0.25, -0.2) is 4.79 Å². The van der Waals surface area contributed by atoms with Gasteiger partial charge in [0, 0.05) is 0 Å². The zero-order valence-corrected chi connectivity index (χ0v) is 9.43. The summed E-state index contributed by atoms with van der Waals surface area (Å²) < 4.78 is 32.8. The highest BCUT2D eigenvalue weighted by Gasteiger charge is 2.17. The first-order chi connectivity index (χ1) is 8.40. The number of rotatable bonds is 5. The summed E-state index contributed by atoms with van der Waals surface area (Å²) in [6.45, 7) is -1.68. The van der Waals surface area contributed by atoms with Crippen LogP contribution in [0.1, 0.15) is 17.3 Å². The van der Waals surface area contributed by atoms with Gasteiger partial charge in [0.1, 0.15) is 5.75 Å². The maximum absolute atomic E-state index is 12.0. The minimum absolute atomic E-state index is 0.0127. The molecule has 0 aromatic heterocycles. The van der Waals surface area contributed by atoms with Gasteiger partial charge in [-0.2, -0.15) is 8.78 Å². The Hall–Kier alpha value is -2.18. The predicted molar refractivity (Wildman–Crippen MR) is 57.1 cm³/mol. The topological polar surface area (TPSA) is 78.6 Å². The van der Waals surface area contributed by atoms with E-state index in [9.17, 15) is 18.4 Å². The molecule has 7 heteroatoms. The monoisotopic (exact) mass is 259 g/mol. The first-order valence-electron chi connectivity index (χ1n) is 4.95. The molecule has 0 aliphatic carbocycles. The lowest BCUT2D eigenvalue weighted by atomic mass is 10.2. The highest BCUT2D eigenvalue weighted by molar-refractivity contribution is 5.92. The van der Waals surface area contributed by atoms with Gasteiger partial charge in [-0.15, -0.1) is 0 Å². The van der Waals surface area contributed by atoms with Crippen molar-refractivity contribution < 1.29 is 27.8 Å². The number of benzene rings is 1. The molecule has 1 amide bonds. The quantitative estimate of drug-likeness (QED) is 0.809. The van der Waals surface area contributed by atoms with Gasteiger partial charge in [0.2, 0.25) is 0 Å². The lowest BCUT2D eigenvalue weighted by Crippen LogP contribution is -2.30. The number of hydrogen-bond acceptors (Lipinski definition) is 4. The van der Waals surface area contributed by atoms with E-state index in [-0.39, 0.29) is 11.3 Å². The Morgan fingerprint density at radius 1 is 1.33 bits per heavy atom. The second-order valence-electron chi connectivity index (χ2n) is 3.36. The molecular formula is C11H11F2NO4. The molecule has 18 heavy (non-hydrogen) atoms. The molecule has 0 unspecified atom stereocenters. The molecule has 0 heterocycles. The summed E-state index contributed by atoms with van der Waals surface area (Å²) >= 11 is 0. The Balaban J connectivity index is 2.77. The lowest BCUT2D eigenvalue weighted by molar-refractivity contribution is -0.125. The summed E-state index contributed by atoms with van der Waals surface area (Å²) in [5, 5.41) is 0. The number of carbonyl (C=O) groups excluding carboxylic acids is 2. The molecule has 0 saturated carbocycles. The van der Waals surface area contributed by atoms with Crippen molar-refractivity contribution in [2.24, 2.45) is 5.73 Å². The van der Waals surface area contributed by atoms with Gasteiger partial charge in [-0.05, 0) is 25.1 Å². The molecule has 98 valence electrons. The fraction of sp³-hybridized carbons (Fsp3) is 0.273. The molecule has 0 spiro atoms. The Morgan fingerprint density at radius 3 is 2.56 bits per heavy atom. The van der Waals surface area contributed by atoms with Crippen molar-refractivity contribution >= 4 is 11.9 Å². The van der Waals surface area contributed by atoms with E-state index < -0.39 is 24.6 Å². The summed E-state index contributed by atoms with van der Waals surface area (Å²) in [5.41, 5.74) is 4.91. The summed E-state index contributed by atoms with van der Waals surface area (Å²) in [6, 6.07) is 5.04. The van der Waals surface area contributed by atoms with Crippen LogP contribution in [0.5, 0.6) is 5.75 Å². The number of primary amides is 1. The van der Waals surface area contributed by atoms with Gasteiger partial charge >= 0.3 is 12.6 Å². The van der Waals surface area contributed by atoms with Gasteiger partial charge in [0.15, 0.2) is 6.10 Å². The number of halogens is 2. The maximum Gasteiger partial charge on any atom is 0.387 e. The summed E-state index contributed by atoms with van der Waals surface area (Å²) in [6.07, 6.45) is -1.10. The summed E-state index contributed by atoms with van der Waals surface area (Å²) in [7, 11) is 0. The van der Waals surface area contributed by atoms with Gasteiger partial charge in [-0.1, -0.05) is 6.07 Å². The molecule has 0 radical (unpaired) electrons. The van der Waals surface area contributed by atoms with E-state index in [0.29, 0.717) is 0 Å². The van der Waals surface area contributed by atoms with E-state index in [1.807, 2.05) is 0 Å². The standard InChI is InChI=1S/C11H11F2NO4/c1-6(9(14)15)17-10(16)7-3-2-4-8(5-7)18-11(12)13/h2-6,11H,1H3,(H2,14,15)/t6-/m0/s1. The molecule has 1 rings (SSSR count). The van der Waals surface area contributed by atoms with Crippen LogP contribution in [0.25, 0.3) is 0 Å². The summed E-state index contributed by atoms with van der Waals surface area (Å²) in [5.74, 6) is -1.82. The molecule has 1 aromatic rings. The van der Waals surface area contributed by atoms with E-state index in [4.69, 9.17) is 10.5 Å². The largest absolute Gasteiger partial charge is 0.449 e. The highest BCUT2D eigenvalue weighted by atomic mass is 19.3. The van der Waals surface area contributed by atoms with Crippen LogP contribution >= 0.6 is 0 Å². The molecule has 1 atom stereocenters. The van der Waals surface area contributed by atoms with E-state index in [1.165, 1.54) is 25.1 Å². The Labute approximate surface area is 101 Å². The third-order valence-corrected chi connectivity index (χ3v) is 1.98.